The van der Waals surface area contributed by atoms with Crippen molar-refractivity contribution in [1.29, 1.82) is 0 Å². The number of halogens is 1. The molecule has 0 aliphatic heterocycles. The first-order valence-electron chi connectivity index (χ1n) is 6.48. The van der Waals surface area contributed by atoms with Crippen LogP contribution in [0.15, 0.2) is 24.3 Å². The Morgan fingerprint density at radius 2 is 2.16 bits per heavy atom. The van der Waals surface area contributed by atoms with Crippen molar-refractivity contribution in [2.75, 3.05) is 7.11 Å². The van der Waals surface area contributed by atoms with Crippen LogP contribution in [0.3, 0.4) is 0 Å². The van der Waals surface area contributed by atoms with E-state index in [1.807, 2.05) is 24.3 Å². The Kier molecular flexibility index (Phi) is 4.61. The minimum Gasteiger partial charge on any atom is -0.497 e. The maximum Gasteiger partial charge on any atom is 0.135 e. The summed E-state index contributed by atoms with van der Waals surface area (Å²) in [5.41, 5.74) is 1.49. The number of fused-ring (bicyclic) bond motifs is 1. The fraction of sp³-hybridized carbons (Fsp3) is 0.400. The predicted molar refractivity (Wildman–Crippen MR) is 77.8 cm³/mol. The number of hydrogen-bond acceptors (Lipinski definition) is 3. The molecule has 0 spiro atoms. The molecule has 0 fully saturated rings. The lowest BCUT2D eigenvalue weighted by molar-refractivity contribution is 0.164. The molecule has 1 unspecified atom stereocenters. The molecule has 2 aromatic rings. The fourth-order valence-corrected chi connectivity index (χ4v) is 2.33. The number of nitrogens with zero attached hydrogens (tertiary/aromatic N) is 1. The number of aliphatic hydroxyl groups excluding tert-OH is 1. The highest BCUT2D eigenvalue weighted by Gasteiger charge is 2.13. The van der Waals surface area contributed by atoms with Gasteiger partial charge in [0.15, 0.2) is 0 Å². The lowest BCUT2D eigenvalue weighted by atomic mass is 10.0. The second-order valence-corrected chi connectivity index (χ2v) is 4.94. The number of unbranched alkanes of at least 4 members (excludes halogenated alkanes) is 1. The Labute approximate surface area is 118 Å². The molecule has 0 saturated heterocycles. The van der Waals surface area contributed by atoms with Gasteiger partial charge in [0.05, 0.1) is 18.7 Å². The van der Waals surface area contributed by atoms with Crippen molar-refractivity contribution in [1.82, 2.24) is 4.98 Å². The van der Waals surface area contributed by atoms with E-state index < -0.39 is 6.10 Å². The second-order valence-electron chi connectivity index (χ2n) is 4.59. The highest BCUT2D eigenvalue weighted by atomic mass is 35.5. The molecule has 19 heavy (non-hydrogen) atoms. The van der Waals surface area contributed by atoms with Crippen LogP contribution in [-0.2, 0) is 0 Å². The van der Waals surface area contributed by atoms with Gasteiger partial charge < -0.3 is 9.84 Å². The number of rotatable bonds is 5. The molecule has 0 bridgehead atoms. The first-order valence-corrected chi connectivity index (χ1v) is 6.85. The van der Waals surface area contributed by atoms with Crippen molar-refractivity contribution in [2.45, 2.75) is 32.3 Å². The molecular formula is C15H18ClNO2. The molecular weight excluding hydrogens is 262 g/mol. The number of hydrogen-bond donors (Lipinski definition) is 1. The maximum atomic E-state index is 10.2. The number of methoxy groups -OCH3 is 1. The summed E-state index contributed by atoms with van der Waals surface area (Å²) < 4.78 is 5.19. The average molecular weight is 280 g/mol. The minimum atomic E-state index is -0.560. The van der Waals surface area contributed by atoms with Gasteiger partial charge in [-0.1, -0.05) is 31.4 Å². The van der Waals surface area contributed by atoms with Crippen LogP contribution in [0.1, 0.15) is 37.9 Å². The largest absolute Gasteiger partial charge is 0.497 e. The number of ether oxygens (including phenoxy) is 1. The van der Waals surface area contributed by atoms with Crippen molar-refractivity contribution in [3.63, 3.8) is 0 Å². The summed E-state index contributed by atoms with van der Waals surface area (Å²) in [5, 5.41) is 11.5. The third kappa shape index (κ3) is 3.17. The lowest BCUT2D eigenvalue weighted by Gasteiger charge is -2.13. The van der Waals surface area contributed by atoms with E-state index >= 15 is 0 Å². The van der Waals surface area contributed by atoms with Gasteiger partial charge in [-0.05, 0) is 30.7 Å². The summed E-state index contributed by atoms with van der Waals surface area (Å²) in [6.07, 6.45) is 2.15. The van der Waals surface area contributed by atoms with Gasteiger partial charge in [0, 0.05) is 10.9 Å². The van der Waals surface area contributed by atoms with Crippen LogP contribution in [0.25, 0.3) is 10.9 Å². The van der Waals surface area contributed by atoms with Crippen LogP contribution >= 0.6 is 11.6 Å². The van der Waals surface area contributed by atoms with Gasteiger partial charge in [-0.2, -0.15) is 0 Å². The molecule has 1 heterocycles. The third-order valence-electron chi connectivity index (χ3n) is 3.19. The van der Waals surface area contributed by atoms with E-state index in [0.717, 1.165) is 29.5 Å². The standard InChI is InChI=1S/C15H18ClNO2/c1-3-4-5-14(18)12-9-10-8-11(19-2)6-7-13(10)17-15(12)16/h6-9,14,18H,3-5H2,1-2H3. The van der Waals surface area contributed by atoms with E-state index in [1.54, 1.807) is 7.11 Å². The Morgan fingerprint density at radius 1 is 1.37 bits per heavy atom. The Hall–Kier alpha value is -1.32. The molecule has 1 N–H and O–H groups in total. The van der Waals surface area contributed by atoms with Crippen LogP contribution in [0.2, 0.25) is 5.15 Å². The zero-order chi connectivity index (χ0) is 13.8. The first-order chi connectivity index (χ1) is 9.15. The van der Waals surface area contributed by atoms with Crippen LogP contribution in [0, 0.1) is 0 Å². The number of aromatic nitrogens is 1. The summed E-state index contributed by atoms with van der Waals surface area (Å²) in [6, 6.07) is 7.50. The topological polar surface area (TPSA) is 42.4 Å². The van der Waals surface area contributed by atoms with Crippen molar-refractivity contribution < 1.29 is 9.84 Å². The molecule has 0 aliphatic carbocycles. The smallest absolute Gasteiger partial charge is 0.135 e. The van der Waals surface area contributed by atoms with E-state index in [1.165, 1.54) is 0 Å². The third-order valence-corrected chi connectivity index (χ3v) is 3.50. The Morgan fingerprint density at radius 3 is 2.84 bits per heavy atom. The van der Waals surface area contributed by atoms with Gasteiger partial charge >= 0.3 is 0 Å². The zero-order valence-corrected chi connectivity index (χ0v) is 11.9. The SMILES string of the molecule is CCCCC(O)c1cc2cc(OC)ccc2nc1Cl. The summed E-state index contributed by atoms with van der Waals surface area (Å²) in [6.45, 7) is 2.10. The maximum absolute atomic E-state index is 10.2. The number of pyridine rings is 1. The van der Waals surface area contributed by atoms with Gasteiger partial charge in [-0.3, -0.25) is 0 Å². The van der Waals surface area contributed by atoms with Crippen LogP contribution < -0.4 is 4.74 Å². The normalized spacial score (nSPS) is 12.6. The predicted octanol–water partition coefficient (Wildman–Crippen LogP) is 4.12. The number of benzene rings is 1. The molecule has 0 radical (unpaired) electrons. The quantitative estimate of drug-likeness (QED) is 0.837. The monoisotopic (exact) mass is 279 g/mol. The molecule has 0 aliphatic rings. The van der Waals surface area contributed by atoms with Crippen LogP contribution in [0.5, 0.6) is 5.75 Å². The molecule has 1 atom stereocenters. The highest BCUT2D eigenvalue weighted by Crippen LogP contribution is 2.30. The van der Waals surface area contributed by atoms with E-state index in [4.69, 9.17) is 16.3 Å². The van der Waals surface area contributed by atoms with Gasteiger partial charge in [0.2, 0.25) is 0 Å². The summed E-state index contributed by atoms with van der Waals surface area (Å²) in [5.74, 6) is 0.769. The van der Waals surface area contributed by atoms with Gasteiger partial charge in [-0.25, -0.2) is 4.98 Å². The number of aliphatic hydroxyl groups is 1. The molecule has 1 aromatic carbocycles. The lowest BCUT2D eigenvalue weighted by Crippen LogP contribution is -2.00. The molecule has 0 saturated carbocycles. The van der Waals surface area contributed by atoms with Crippen molar-refractivity contribution in [3.8, 4) is 5.75 Å². The van der Waals surface area contributed by atoms with Crippen LogP contribution in [-0.4, -0.2) is 17.2 Å². The second kappa shape index (κ2) is 6.22. The highest BCUT2D eigenvalue weighted by molar-refractivity contribution is 6.30. The van der Waals surface area contributed by atoms with E-state index in [0.29, 0.717) is 17.1 Å². The minimum absolute atomic E-state index is 0.376. The first kappa shape index (κ1) is 14.1. The van der Waals surface area contributed by atoms with E-state index in [-0.39, 0.29) is 0 Å². The molecule has 4 heteroatoms. The van der Waals surface area contributed by atoms with Crippen molar-refractivity contribution >= 4 is 22.5 Å². The van der Waals surface area contributed by atoms with Gasteiger partial charge in [0.25, 0.3) is 0 Å². The van der Waals surface area contributed by atoms with E-state index in [9.17, 15) is 5.11 Å². The Balaban J connectivity index is 2.40. The molecule has 2 rings (SSSR count). The van der Waals surface area contributed by atoms with E-state index in [2.05, 4.69) is 11.9 Å². The average Bonchev–Trinajstić information content (AvgIpc) is 2.43. The summed E-state index contributed by atoms with van der Waals surface area (Å²) in [7, 11) is 1.63. The van der Waals surface area contributed by atoms with Crippen molar-refractivity contribution in [2.24, 2.45) is 0 Å². The molecule has 1 aromatic heterocycles. The fourth-order valence-electron chi connectivity index (χ4n) is 2.06. The van der Waals surface area contributed by atoms with Crippen LogP contribution in [0.4, 0.5) is 0 Å². The Bertz CT molecular complexity index is 571. The summed E-state index contributed by atoms with van der Waals surface area (Å²) in [4.78, 5) is 4.33. The summed E-state index contributed by atoms with van der Waals surface area (Å²) >= 11 is 6.15. The zero-order valence-electron chi connectivity index (χ0n) is 11.2. The molecule has 102 valence electrons. The van der Waals surface area contributed by atoms with Gasteiger partial charge in [-0.15, -0.1) is 0 Å². The molecule has 0 amide bonds. The molecule has 3 nitrogen and oxygen atoms in total. The van der Waals surface area contributed by atoms with Gasteiger partial charge in [0.1, 0.15) is 10.9 Å². The van der Waals surface area contributed by atoms with Crippen molar-refractivity contribution in [3.05, 3.63) is 35.0 Å².